The van der Waals surface area contributed by atoms with E-state index in [9.17, 15) is 9.59 Å². The molecule has 1 unspecified atom stereocenters. The molecule has 0 aromatic carbocycles. The Bertz CT molecular complexity index is 526. The van der Waals surface area contributed by atoms with Gasteiger partial charge in [0.1, 0.15) is 5.69 Å². The smallest absolute Gasteiger partial charge is 0.272 e. The molecular formula is C15H20N4O2S. The Morgan fingerprint density at radius 2 is 2.14 bits per heavy atom. The normalized spacial score (nSPS) is 22.5. The maximum atomic E-state index is 12.3. The van der Waals surface area contributed by atoms with Crippen molar-refractivity contribution >= 4 is 23.6 Å². The molecule has 2 amide bonds. The van der Waals surface area contributed by atoms with E-state index in [-0.39, 0.29) is 23.9 Å². The van der Waals surface area contributed by atoms with E-state index in [1.54, 1.807) is 30.1 Å². The molecule has 0 radical (unpaired) electrons. The Labute approximate surface area is 134 Å². The van der Waals surface area contributed by atoms with Crippen molar-refractivity contribution in [3.05, 3.63) is 30.1 Å². The summed E-state index contributed by atoms with van der Waals surface area (Å²) in [7, 11) is 0. The van der Waals surface area contributed by atoms with Gasteiger partial charge in [0.2, 0.25) is 5.91 Å². The predicted molar refractivity (Wildman–Crippen MR) is 85.6 cm³/mol. The van der Waals surface area contributed by atoms with Crippen LogP contribution in [-0.2, 0) is 4.79 Å². The molecule has 0 spiro atoms. The number of hydrogen-bond acceptors (Lipinski definition) is 5. The second kappa shape index (κ2) is 7.11. The lowest BCUT2D eigenvalue weighted by Crippen LogP contribution is -2.51. The van der Waals surface area contributed by atoms with Crippen LogP contribution < -0.4 is 10.6 Å². The van der Waals surface area contributed by atoms with Crippen LogP contribution in [0.15, 0.2) is 24.4 Å². The lowest BCUT2D eigenvalue weighted by atomic mass is 10.0. The van der Waals surface area contributed by atoms with E-state index in [0.29, 0.717) is 18.8 Å². The molecule has 0 bridgehead atoms. The fourth-order valence-electron chi connectivity index (χ4n) is 2.74. The number of hydrogen-bond donors (Lipinski definition) is 2. The Morgan fingerprint density at radius 3 is 2.77 bits per heavy atom. The van der Waals surface area contributed by atoms with Gasteiger partial charge in [0, 0.05) is 37.0 Å². The maximum Gasteiger partial charge on any atom is 0.272 e. The van der Waals surface area contributed by atoms with E-state index in [1.807, 2.05) is 11.0 Å². The minimum absolute atomic E-state index is 0.0285. The van der Waals surface area contributed by atoms with Crippen LogP contribution in [0.4, 0.5) is 0 Å². The Morgan fingerprint density at radius 1 is 1.32 bits per heavy atom. The molecule has 22 heavy (non-hydrogen) atoms. The molecule has 3 rings (SSSR count). The van der Waals surface area contributed by atoms with Crippen molar-refractivity contribution in [3.8, 4) is 0 Å². The average molecular weight is 320 g/mol. The van der Waals surface area contributed by atoms with E-state index < -0.39 is 0 Å². The predicted octanol–water partition coefficient (Wildman–Crippen LogP) is 0.465. The summed E-state index contributed by atoms with van der Waals surface area (Å²) in [6, 6.07) is 5.44. The molecule has 2 aliphatic heterocycles. The molecule has 2 N–H and O–H groups in total. The maximum absolute atomic E-state index is 12.3. The van der Waals surface area contributed by atoms with Crippen molar-refractivity contribution in [3.63, 3.8) is 0 Å². The van der Waals surface area contributed by atoms with Crippen LogP contribution in [0.25, 0.3) is 0 Å². The molecule has 6 nitrogen and oxygen atoms in total. The van der Waals surface area contributed by atoms with Crippen LogP contribution in [0.1, 0.15) is 23.3 Å². The summed E-state index contributed by atoms with van der Waals surface area (Å²) in [6.45, 7) is 1.32. The first-order chi connectivity index (χ1) is 10.7. The quantitative estimate of drug-likeness (QED) is 0.847. The number of carbonyl (C=O) groups excluding carboxylic acids is 2. The summed E-state index contributed by atoms with van der Waals surface area (Å²) in [6.07, 6.45) is 3.22. The monoisotopic (exact) mass is 320 g/mol. The topological polar surface area (TPSA) is 74.3 Å². The highest BCUT2D eigenvalue weighted by molar-refractivity contribution is 7.99. The lowest BCUT2D eigenvalue weighted by Gasteiger charge is -2.32. The van der Waals surface area contributed by atoms with Crippen molar-refractivity contribution in [1.29, 1.82) is 0 Å². The summed E-state index contributed by atoms with van der Waals surface area (Å²) in [5.74, 6) is 1.73. The fraction of sp³-hybridized carbons (Fsp3) is 0.533. The van der Waals surface area contributed by atoms with Gasteiger partial charge < -0.3 is 10.2 Å². The second-order valence-electron chi connectivity index (χ2n) is 5.56. The SMILES string of the molecule is O=C(NC1CCN(C(=O)c2ccccn2)CC1)C1CSCN1. The van der Waals surface area contributed by atoms with Gasteiger partial charge in [-0.3, -0.25) is 19.9 Å². The minimum atomic E-state index is -0.0711. The van der Waals surface area contributed by atoms with Gasteiger partial charge in [-0.1, -0.05) is 6.07 Å². The number of nitrogens with one attached hydrogen (secondary N) is 2. The van der Waals surface area contributed by atoms with Crippen LogP contribution >= 0.6 is 11.8 Å². The van der Waals surface area contributed by atoms with Crippen molar-refractivity contribution in [1.82, 2.24) is 20.5 Å². The molecule has 1 aromatic rings. The Kier molecular flexibility index (Phi) is 4.94. The number of amides is 2. The van der Waals surface area contributed by atoms with Gasteiger partial charge in [0.15, 0.2) is 0 Å². The number of piperidine rings is 1. The first kappa shape index (κ1) is 15.3. The van der Waals surface area contributed by atoms with Crippen molar-refractivity contribution < 1.29 is 9.59 Å². The van der Waals surface area contributed by atoms with E-state index in [4.69, 9.17) is 0 Å². The van der Waals surface area contributed by atoms with Gasteiger partial charge in [0.05, 0.1) is 6.04 Å². The summed E-state index contributed by atoms with van der Waals surface area (Å²) in [4.78, 5) is 30.3. The van der Waals surface area contributed by atoms with Gasteiger partial charge in [-0.15, -0.1) is 11.8 Å². The number of likely N-dealkylation sites (tertiary alicyclic amines) is 1. The third-order valence-corrected chi connectivity index (χ3v) is 4.99. The van der Waals surface area contributed by atoms with Gasteiger partial charge >= 0.3 is 0 Å². The molecule has 118 valence electrons. The van der Waals surface area contributed by atoms with Crippen LogP contribution in [0.3, 0.4) is 0 Å². The van der Waals surface area contributed by atoms with E-state index in [2.05, 4.69) is 15.6 Å². The molecule has 1 atom stereocenters. The van der Waals surface area contributed by atoms with Crippen LogP contribution in [0.2, 0.25) is 0 Å². The van der Waals surface area contributed by atoms with Crippen molar-refractivity contribution in [2.24, 2.45) is 0 Å². The van der Waals surface area contributed by atoms with Crippen LogP contribution in [0.5, 0.6) is 0 Å². The molecule has 0 saturated carbocycles. The molecular weight excluding hydrogens is 300 g/mol. The highest BCUT2D eigenvalue weighted by Crippen LogP contribution is 2.15. The van der Waals surface area contributed by atoms with Crippen LogP contribution in [-0.4, -0.2) is 58.5 Å². The number of thioether (sulfide) groups is 1. The first-order valence-electron chi connectivity index (χ1n) is 7.56. The van der Waals surface area contributed by atoms with Crippen LogP contribution in [0, 0.1) is 0 Å². The first-order valence-corrected chi connectivity index (χ1v) is 8.71. The van der Waals surface area contributed by atoms with E-state index in [1.165, 1.54) is 0 Å². The molecule has 1 aromatic heterocycles. The number of pyridine rings is 1. The van der Waals surface area contributed by atoms with E-state index in [0.717, 1.165) is 24.5 Å². The van der Waals surface area contributed by atoms with Gasteiger partial charge in [-0.05, 0) is 25.0 Å². The third-order valence-electron chi connectivity index (χ3n) is 4.05. The van der Waals surface area contributed by atoms with Gasteiger partial charge in [-0.2, -0.15) is 0 Å². The summed E-state index contributed by atoms with van der Waals surface area (Å²) >= 11 is 1.74. The highest BCUT2D eigenvalue weighted by atomic mass is 32.2. The van der Waals surface area contributed by atoms with Crippen molar-refractivity contribution in [2.75, 3.05) is 24.7 Å². The zero-order valence-corrected chi connectivity index (χ0v) is 13.1. The summed E-state index contributed by atoms with van der Waals surface area (Å²) < 4.78 is 0. The molecule has 2 aliphatic rings. The largest absolute Gasteiger partial charge is 0.352 e. The van der Waals surface area contributed by atoms with E-state index >= 15 is 0 Å². The van der Waals surface area contributed by atoms with Gasteiger partial charge in [0.25, 0.3) is 5.91 Å². The molecule has 7 heteroatoms. The number of nitrogens with zero attached hydrogens (tertiary/aromatic N) is 2. The summed E-state index contributed by atoms with van der Waals surface area (Å²) in [5.41, 5.74) is 0.483. The molecule has 2 fully saturated rings. The average Bonchev–Trinajstić information content (AvgIpc) is 3.10. The number of rotatable bonds is 3. The summed E-state index contributed by atoms with van der Waals surface area (Å²) in [5, 5.41) is 6.26. The Hall–Kier alpha value is -1.60. The molecule has 2 saturated heterocycles. The highest BCUT2D eigenvalue weighted by Gasteiger charge is 2.28. The molecule has 3 heterocycles. The lowest BCUT2D eigenvalue weighted by molar-refractivity contribution is -0.123. The number of aromatic nitrogens is 1. The zero-order chi connectivity index (χ0) is 15.4. The third kappa shape index (κ3) is 3.59. The molecule has 0 aliphatic carbocycles. The zero-order valence-electron chi connectivity index (χ0n) is 12.3. The Balaban J connectivity index is 1.48. The number of carbonyl (C=O) groups is 2. The second-order valence-corrected chi connectivity index (χ2v) is 6.59. The fourth-order valence-corrected chi connectivity index (χ4v) is 3.69. The van der Waals surface area contributed by atoms with Crippen molar-refractivity contribution in [2.45, 2.75) is 24.9 Å². The van der Waals surface area contributed by atoms with Gasteiger partial charge in [-0.25, -0.2) is 0 Å². The minimum Gasteiger partial charge on any atom is -0.352 e. The standard InChI is InChI=1S/C15H20N4O2S/c20-14(13-9-22-10-17-13)18-11-4-7-19(8-5-11)15(21)12-3-1-2-6-16-12/h1-3,6,11,13,17H,4-5,7-10H2,(H,18,20).